The minimum Gasteiger partial charge on any atom is -0.489 e. The van der Waals surface area contributed by atoms with Crippen LogP contribution in [0.4, 0.5) is 5.95 Å². The second-order valence-electron chi connectivity index (χ2n) is 5.05. The third-order valence-electron chi connectivity index (χ3n) is 3.48. The summed E-state index contributed by atoms with van der Waals surface area (Å²) in [5.74, 6) is 1.52. The summed E-state index contributed by atoms with van der Waals surface area (Å²) in [5, 5.41) is 14.8. The zero-order valence-electron chi connectivity index (χ0n) is 13.0. The molecule has 0 bridgehead atoms. The molecule has 1 aromatic heterocycles. The molecule has 0 radical (unpaired) electrons. The molecule has 0 aliphatic rings. The van der Waals surface area contributed by atoms with Crippen molar-refractivity contribution in [2.24, 2.45) is 0 Å². The van der Waals surface area contributed by atoms with Gasteiger partial charge in [-0.25, -0.2) is 4.68 Å². The number of tetrazole rings is 1. The Bertz CT molecular complexity index is 742. The number of benzene rings is 2. The fraction of sp³-hybridized carbons (Fsp3) is 0.235. The fourth-order valence-corrected chi connectivity index (χ4v) is 2.24. The highest BCUT2D eigenvalue weighted by Gasteiger charge is 2.07. The number of para-hydroxylation sites is 1. The van der Waals surface area contributed by atoms with Gasteiger partial charge in [-0.05, 0) is 29.0 Å². The van der Waals surface area contributed by atoms with Gasteiger partial charge in [0.05, 0.1) is 0 Å². The van der Waals surface area contributed by atoms with E-state index in [2.05, 4.69) is 33.0 Å². The van der Waals surface area contributed by atoms with Crippen LogP contribution in [0.1, 0.15) is 18.1 Å². The summed E-state index contributed by atoms with van der Waals surface area (Å²) in [6, 6.07) is 18.1. The maximum Gasteiger partial charge on any atom is 0.243 e. The van der Waals surface area contributed by atoms with E-state index in [0.29, 0.717) is 19.1 Å². The highest BCUT2D eigenvalue weighted by Crippen LogP contribution is 2.20. The molecule has 3 aromatic rings. The summed E-state index contributed by atoms with van der Waals surface area (Å²) in [5.41, 5.74) is 2.21. The second-order valence-corrected chi connectivity index (χ2v) is 5.05. The molecule has 3 rings (SSSR count). The van der Waals surface area contributed by atoms with Gasteiger partial charge in [-0.2, -0.15) is 0 Å². The maximum atomic E-state index is 5.95. The minimum atomic E-state index is 0.546. The molecule has 0 aliphatic heterocycles. The molecule has 23 heavy (non-hydrogen) atoms. The molecule has 0 atom stereocenters. The molecule has 0 aliphatic carbocycles. The monoisotopic (exact) mass is 309 g/mol. The number of nitrogens with zero attached hydrogens (tertiary/aromatic N) is 4. The van der Waals surface area contributed by atoms with E-state index in [0.717, 1.165) is 23.4 Å². The van der Waals surface area contributed by atoms with Gasteiger partial charge >= 0.3 is 0 Å². The van der Waals surface area contributed by atoms with E-state index < -0.39 is 0 Å². The van der Waals surface area contributed by atoms with Crippen LogP contribution >= 0.6 is 0 Å². The van der Waals surface area contributed by atoms with Crippen LogP contribution in [0, 0.1) is 0 Å². The van der Waals surface area contributed by atoms with Crippen LogP contribution in [0.15, 0.2) is 54.6 Å². The normalized spacial score (nSPS) is 10.5. The highest BCUT2D eigenvalue weighted by atomic mass is 16.5. The predicted molar refractivity (Wildman–Crippen MR) is 88.0 cm³/mol. The molecule has 2 aromatic carbocycles. The number of hydrogen-bond acceptors (Lipinski definition) is 5. The average Bonchev–Trinajstić information content (AvgIpc) is 3.07. The lowest BCUT2D eigenvalue weighted by Gasteiger charge is -2.12. The van der Waals surface area contributed by atoms with Gasteiger partial charge in [0.15, 0.2) is 0 Å². The summed E-state index contributed by atoms with van der Waals surface area (Å²) < 4.78 is 7.67. The van der Waals surface area contributed by atoms with Crippen molar-refractivity contribution in [1.29, 1.82) is 0 Å². The lowest BCUT2D eigenvalue weighted by molar-refractivity contribution is 0.303. The molecule has 1 heterocycles. The standard InChI is InChI=1S/C17H19N5O/c1-2-22-17(19-20-21-22)18-12-15-10-6-7-11-16(15)23-13-14-8-4-3-5-9-14/h3-11H,2,12-13H2,1H3,(H,18,19,21). The van der Waals surface area contributed by atoms with Gasteiger partial charge in [0.25, 0.3) is 0 Å². The maximum absolute atomic E-state index is 5.95. The Kier molecular flexibility index (Phi) is 4.83. The number of aryl methyl sites for hydroxylation is 1. The van der Waals surface area contributed by atoms with E-state index in [9.17, 15) is 0 Å². The zero-order chi connectivity index (χ0) is 15.9. The largest absolute Gasteiger partial charge is 0.489 e. The zero-order valence-corrected chi connectivity index (χ0v) is 13.0. The summed E-state index contributed by atoms with van der Waals surface area (Å²) in [7, 11) is 0. The third kappa shape index (κ3) is 3.85. The molecule has 6 nitrogen and oxygen atoms in total. The number of rotatable bonds is 7. The van der Waals surface area contributed by atoms with Crippen LogP contribution in [-0.2, 0) is 19.7 Å². The topological polar surface area (TPSA) is 64.9 Å². The predicted octanol–water partition coefficient (Wildman–Crippen LogP) is 2.88. The van der Waals surface area contributed by atoms with Gasteiger partial charge in [-0.1, -0.05) is 53.6 Å². The van der Waals surface area contributed by atoms with Crippen molar-refractivity contribution in [2.75, 3.05) is 5.32 Å². The van der Waals surface area contributed by atoms with Crippen molar-refractivity contribution < 1.29 is 4.74 Å². The first-order chi connectivity index (χ1) is 11.4. The molecular weight excluding hydrogens is 290 g/mol. The van der Waals surface area contributed by atoms with Gasteiger partial charge in [-0.3, -0.25) is 0 Å². The van der Waals surface area contributed by atoms with E-state index in [1.165, 1.54) is 0 Å². The Labute approximate surface area is 135 Å². The average molecular weight is 309 g/mol. The molecule has 0 saturated carbocycles. The SMILES string of the molecule is CCn1nnnc1NCc1ccccc1OCc1ccccc1. The molecule has 0 fully saturated rings. The van der Waals surface area contributed by atoms with Crippen LogP contribution in [-0.4, -0.2) is 20.2 Å². The quantitative estimate of drug-likeness (QED) is 0.727. The van der Waals surface area contributed by atoms with Gasteiger partial charge in [0.1, 0.15) is 12.4 Å². The van der Waals surface area contributed by atoms with E-state index >= 15 is 0 Å². The van der Waals surface area contributed by atoms with Crippen LogP contribution in [0.2, 0.25) is 0 Å². The lowest BCUT2D eigenvalue weighted by atomic mass is 10.2. The molecule has 6 heteroatoms. The Balaban J connectivity index is 1.66. The molecule has 0 saturated heterocycles. The Morgan fingerprint density at radius 3 is 2.65 bits per heavy atom. The Morgan fingerprint density at radius 2 is 1.83 bits per heavy atom. The summed E-state index contributed by atoms with van der Waals surface area (Å²) in [6.45, 7) is 3.87. The third-order valence-corrected chi connectivity index (χ3v) is 3.48. The van der Waals surface area contributed by atoms with E-state index in [-0.39, 0.29) is 0 Å². The second kappa shape index (κ2) is 7.40. The van der Waals surface area contributed by atoms with Crippen molar-refractivity contribution >= 4 is 5.95 Å². The summed E-state index contributed by atoms with van der Waals surface area (Å²) in [6.07, 6.45) is 0. The number of hydrogen-bond donors (Lipinski definition) is 1. The molecule has 1 N–H and O–H groups in total. The van der Waals surface area contributed by atoms with Crippen molar-refractivity contribution in [1.82, 2.24) is 20.2 Å². The first kappa shape index (κ1) is 15.0. The fourth-order valence-electron chi connectivity index (χ4n) is 2.24. The molecule has 0 spiro atoms. The minimum absolute atomic E-state index is 0.546. The van der Waals surface area contributed by atoms with Crippen molar-refractivity contribution in [3.8, 4) is 5.75 Å². The number of ether oxygens (including phenoxy) is 1. The smallest absolute Gasteiger partial charge is 0.243 e. The number of aromatic nitrogens is 4. The first-order valence-electron chi connectivity index (χ1n) is 7.61. The summed E-state index contributed by atoms with van der Waals surface area (Å²) in [4.78, 5) is 0. The van der Waals surface area contributed by atoms with Gasteiger partial charge in [0, 0.05) is 18.7 Å². The molecule has 0 amide bonds. The van der Waals surface area contributed by atoms with Crippen LogP contribution < -0.4 is 10.1 Å². The van der Waals surface area contributed by atoms with Gasteiger partial charge in [-0.15, -0.1) is 0 Å². The number of anilines is 1. The molecule has 0 unspecified atom stereocenters. The number of nitrogens with one attached hydrogen (secondary N) is 1. The van der Waals surface area contributed by atoms with Crippen LogP contribution in [0.25, 0.3) is 0 Å². The van der Waals surface area contributed by atoms with Gasteiger partial charge in [0.2, 0.25) is 5.95 Å². The van der Waals surface area contributed by atoms with Gasteiger partial charge < -0.3 is 10.1 Å². The highest BCUT2D eigenvalue weighted by molar-refractivity contribution is 5.36. The van der Waals surface area contributed by atoms with E-state index in [1.54, 1.807) is 4.68 Å². The lowest BCUT2D eigenvalue weighted by Crippen LogP contribution is -2.09. The van der Waals surface area contributed by atoms with Crippen molar-refractivity contribution in [3.05, 3.63) is 65.7 Å². The Morgan fingerprint density at radius 1 is 1.04 bits per heavy atom. The van der Waals surface area contributed by atoms with E-state index in [4.69, 9.17) is 4.74 Å². The van der Waals surface area contributed by atoms with Crippen molar-refractivity contribution in [2.45, 2.75) is 26.6 Å². The Hall–Kier alpha value is -2.89. The molecular formula is C17H19N5O. The van der Waals surface area contributed by atoms with Crippen molar-refractivity contribution in [3.63, 3.8) is 0 Å². The van der Waals surface area contributed by atoms with E-state index in [1.807, 2.05) is 49.4 Å². The molecule has 118 valence electrons. The first-order valence-corrected chi connectivity index (χ1v) is 7.61. The summed E-state index contributed by atoms with van der Waals surface area (Å²) >= 11 is 0. The van der Waals surface area contributed by atoms with Crippen LogP contribution in [0.5, 0.6) is 5.75 Å². The van der Waals surface area contributed by atoms with Crippen LogP contribution in [0.3, 0.4) is 0 Å².